The van der Waals surface area contributed by atoms with Gasteiger partial charge in [-0.15, -0.1) is 22.7 Å². The van der Waals surface area contributed by atoms with Crippen molar-refractivity contribution in [3.63, 3.8) is 0 Å². The van der Waals surface area contributed by atoms with Crippen molar-refractivity contribution >= 4 is 44.4 Å². The molecule has 5 heteroatoms. The van der Waals surface area contributed by atoms with Crippen LogP contribution in [-0.2, 0) is 0 Å². The molecule has 3 N–H and O–H groups in total. The molecule has 92 valence electrons. The Labute approximate surface area is 118 Å². The lowest BCUT2D eigenvalue weighted by Gasteiger charge is -2.13. The topological polar surface area (TPSA) is 38.0 Å². The van der Waals surface area contributed by atoms with E-state index in [4.69, 9.17) is 17.4 Å². The first-order valence-corrected chi connectivity index (χ1v) is 7.54. The van der Waals surface area contributed by atoms with Gasteiger partial charge in [0.05, 0.1) is 10.4 Å². The van der Waals surface area contributed by atoms with Gasteiger partial charge in [0, 0.05) is 9.58 Å². The summed E-state index contributed by atoms with van der Waals surface area (Å²) in [5.74, 6) is 5.71. The van der Waals surface area contributed by atoms with Crippen molar-refractivity contribution in [1.82, 2.24) is 5.43 Å². The highest BCUT2D eigenvalue weighted by Gasteiger charge is 2.18. The molecule has 0 aliphatic rings. The van der Waals surface area contributed by atoms with Crippen LogP contribution in [0.4, 0.5) is 0 Å². The van der Waals surface area contributed by atoms with E-state index in [-0.39, 0.29) is 6.04 Å². The van der Waals surface area contributed by atoms with E-state index >= 15 is 0 Å². The van der Waals surface area contributed by atoms with Crippen molar-refractivity contribution in [2.75, 3.05) is 0 Å². The average molecular weight is 295 g/mol. The maximum Gasteiger partial charge on any atom is 0.0931 e. The van der Waals surface area contributed by atoms with Crippen molar-refractivity contribution in [1.29, 1.82) is 0 Å². The zero-order valence-corrected chi connectivity index (χ0v) is 11.8. The Morgan fingerprint density at radius 2 is 2.00 bits per heavy atom. The fourth-order valence-corrected chi connectivity index (χ4v) is 4.16. The van der Waals surface area contributed by atoms with Crippen LogP contribution < -0.4 is 11.3 Å². The molecule has 1 aromatic carbocycles. The van der Waals surface area contributed by atoms with Crippen LogP contribution in [0.2, 0.25) is 4.34 Å². The molecule has 0 amide bonds. The lowest BCUT2D eigenvalue weighted by molar-refractivity contribution is 0.652. The second-order valence-corrected chi connectivity index (χ2v) is 6.59. The van der Waals surface area contributed by atoms with Gasteiger partial charge >= 0.3 is 0 Å². The summed E-state index contributed by atoms with van der Waals surface area (Å²) in [5.41, 5.74) is 4.09. The predicted molar refractivity (Wildman–Crippen MR) is 80.3 cm³/mol. The molecule has 1 unspecified atom stereocenters. The molecule has 0 aliphatic heterocycles. The van der Waals surface area contributed by atoms with Gasteiger partial charge in [-0.05, 0) is 34.5 Å². The highest BCUT2D eigenvalue weighted by Crippen LogP contribution is 2.36. The molecule has 0 fully saturated rings. The number of nitrogens with two attached hydrogens (primary N) is 1. The Morgan fingerprint density at radius 1 is 1.17 bits per heavy atom. The zero-order valence-electron chi connectivity index (χ0n) is 9.39. The molecular weight excluding hydrogens is 284 g/mol. The van der Waals surface area contributed by atoms with Crippen LogP contribution >= 0.6 is 34.3 Å². The Kier molecular flexibility index (Phi) is 3.37. The van der Waals surface area contributed by atoms with E-state index in [1.54, 1.807) is 22.7 Å². The Hall–Kier alpha value is -0.910. The Bertz CT molecular complexity index is 674. The maximum atomic E-state index is 5.99. The molecule has 0 aliphatic carbocycles. The fourth-order valence-electron chi connectivity index (χ4n) is 2.03. The van der Waals surface area contributed by atoms with Crippen LogP contribution in [0.5, 0.6) is 0 Å². The summed E-state index contributed by atoms with van der Waals surface area (Å²) in [6.07, 6.45) is 0. The Morgan fingerprint density at radius 3 is 2.72 bits per heavy atom. The number of hydrazine groups is 1. The van der Waals surface area contributed by atoms with Crippen LogP contribution in [-0.4, -0.2) is 0 Å². The quantitative estimate of drug-likeness (QED) is 0.562. The van der Waals surface area contributed by atoms with Gasteiger partial charge in [0.25, 0.3) is 0 Å². The molecule has 0 saturated heterocycles. The van der Waals surface area contributed by atoms with Gasteiger partial charge in [0.15, 0.2) is 0 Å². The standard InChI is InChI=1S/C13H11ClN2S2/c14-12-6-5-11(18-12)13(16-15)9-7-17-10-4-2-1-3-8(9)10/h1-7,13,16H,15H2. The first kappa shape index (κ1) is 12.1. The molecule has 0 saturated carbocycles. The lowest BCUT2D eigenvalue weighted by Crippen LogP contribution is -2.27. The van der Waals surface area contributed by atoms with E-state index in [1.807, 2.05) is 18.2 Å². The van der Waals surface area contributed by atoms with Crippen molar-refractivity contribution in [2.45, 2.75) is 6.04 Å². The molecular formula is C13H11ClN2S2. The van der Waals surface area contributed by atoms with E-state index in [2.05, 4.69) is 29.0 Å². The summed E-state index contributed by atoms with van der Waals surface area (Å²) in [6.45, 7) is 0. The number of hydrogen-bond donors (Lipinski definition) is 2. The van der Waals surface area contributed by atoms with E-state index in [0.29, 0.717) is 0 Å². The molecule has 3 rings (SSSR count). The zero-order chi connectivity index (χ0) is 12.5. The summed E-state index contributed by atoms with van der Waals surface area (Å²) in [5, 5.41) is 3.40. The number of thiophene rings is 2. The summed E-state index contributed by atoms with van der Waals surface area (Å²) < 4.78 is 2.06. The Balaban J connectivity index is 2.11. The van der Waals surface area contributed by atoms with E-state index in [0.717, 1.165) is 9.21 Å². The minimum atomic E-state index is -0.00125. The van der Waals surface area contributed by atoms with Crippen LogP contribution in [0.15, 0.2) is 41.8 Å². The normalized spacial score (nSPS) is 13.0. The fraction of sp³-hybridized carbons (Fsp3) is 0.0769. The minimum Gasteiger partial charge on any atom is -0.271 e. The SMILES string of the molecule is NNC(c1ccc(Cl)s1)c1csc2ccccc12. The number of hydrogen-bond acceptors (Lipinski definition) is 4. The molecule has 0 bridgehead atoms. The summed E-state index contributed by atoms with van der Waals surface area (Å²) in [6, 6.07) is 12.3. The van der Waals surface area contributed by atoms with Crippen molar-refractivity contribution in [3.8, 4) is 0 Å². The van der Waals surface area contributed by atoms with Gasteiger partial charge < -0.3 is 0 Å². The molecule has 2 heterocycles. The van der Waals surface area contributed by atoms with Crippen LogP contribution in [0.1, 0.15) is 16.5 Å². The summed E-state index contributed by atoms with van der Waals surface area (Å²) in [7, 11) is 0. The average Bonchev–Trinajstić information content (AvgIpc) is 2.98. The first-order valence-electron chi connectivity index (χ1n) is 5.47. The molecule has 1 atom stereocenters. The second-order valence-electron chi connectivity index (χ2n) is 3.93. The van der Waals surface area contributed by atoms with E-state index in [9.17, 15) is 0 Å². The molecule has 3 aromatic rings. The third-order valence-electron chi connectivity index (χ3n) is 2.87. The van der Waals surface area contributed by atoms with Crippen LogP contribution in [0.25, 0.3) is 10.1 Å². The molecule has 2 aromatic heterocycles. The van der Waals surface area contributed by atoms with Gasteiger partial charge in [-0.1, -0.05) is 29.8 Å². The van der Waals surface area contributed by atoms with Gasteiger partial charge in [0.1, 0.15) is 0 Å². The number of benzene rings is 1. The van der Waals surface area contributed by atoms with Gasteiger partial charge in [-0.25, -0.2) is 5.43 Å². The maximum absolute atomic E-state index is 5.99. The third kappa shape index (κ3) is 2.06. The smallest absolute Gasteiger partial charge is 0.0931 e. The van der Waals surface area contributed by atoms with Crippen molar-refractivity contribution in [2.24, 2.45) is 5.84 Å². The summed E-state index contributed by atoms with van der Waals surface area (Å²) >= 11 is 9.28. The molecule has 2 nitrogen and oxygen atoms in total. The molecule has 0 radical (unpaired) electrons. The van der Waals surface area contributed by atoms with Gasteiger partial charge in [0.2, 0.25) is 0 Å². The number of halogens is 1. The lowest BCUT2D eigenvalue weighted by atomic mass is 10.1. The van der Waals surface area contributed by atoms with Crippen LogP contribution in [0.3, 0.4) is 0 Å². The molecule has 0 spiro atoms. The first-order chi connectivity index (χ1) is 8.79. The predicted octanol–water partition coefficient (Wildman–Crippen LogP) is 4.17. The largest absolute Gasteiger partial charge is 0.271 e. The number of nitrogens with one attached hydrogen (secondary N) is 1. The third-order valence-corrected chi connectivity index (χ3v) is 5.14. The number of rotatable bonds is 3. The van der Waals surface area contributed by atoms with Crippen molar-refractivity contribution < 1.29 is 0 Å². The minimum absolute atomic E-state index is 0.00125. The second kappa shape index (κ2) is 4.99. The molecule has 18 heavy (non-hydrogen) atoms. The van der Waals surface area contributed by atoms with Gasteiger partial charge in [-0.2, -0.15) is 0 Å². The van der Waals surface area contributed by atoms with Crippen molar-refractivity contribution in [3.05, 3.63) is 56.6 Å². The van der Waals surface area contributed by atoms with E-state index in [1.165, 1.54) is 15.6 Å². The van der Waals surface area contributed by atoms with Crippen LogP contribution in [0, 0.1) is 0 Å². The summed E-state index contributed by atoms with van der Waals surface area (Å²) in [4.78, 5) is 1.13. The van der Waals surface area contributed by atoms with Gasteiger partial charge in [-0.3, -0.25) is 5.84 Å². The highest BCUT2D eigenvalue weighted by atomic mass is 35.5. The van der Waals surface area contributed by atoms with E-state index < -0.39 is 0 Å². The monoisotopic (exact) mass is 294 g/mol. The highest BCUT2D eigenvalue weighted by molar-refractivity contribution is 7.17. The number of fused-ring (bicyclic) bond motifs is 1.